The maximum atomic E-state index is 12.6. The number of H-pyrrole nitrogens is 1. The third kappa shape index (κ3) is 23.2. The van der Waals surface area contributed by atoms with Gasteiger partial charge >= 0.3 is 53.2 Å². The van der Waals surface area contributed by atoms with Gasteiger partial charge in [0.1, 0.15) is 46.1 Å². The van der Waals surface area contributed by atoms with Gasteiger partial charge in [-0.15, -0.1) is 0 Å². The summed E-state index contributed by atoms with van der Waals surface area (Å²) in [5.74, 6) is -2.12. The SMILES string of the molecule is CC(=O)Oc1ccccc1C(=O)O.CC(C)(C)NCC(O)c1ccc(O)c(CO)c1.CC(C)[N+]1(C)[C@@H]2CC[C@H]1C[C@@H](OC(=O)C(CO)c1ccccc1)C2.Cn1c(=O)c2[nH]cnc2n(C)c1=O.N[C@@H](Cc1cc(I)c(Oc2cc(I)c(O)c(I)c2)c(I)c1)C(=O)[O-].[Br-].[Na+]. The summed E-state index contributed by atoms with van der Waals surface area (Å²) in [5.41, 5.74) is 8.22. The van der Waals surface area contributed by atoms with E-state index in [4.69, 9.17) is 25.4 Å². The number of carboxylic acids is 2. The first-order valence-corrected chi connectivity index (χ1v) is 33.0. The topological polar surface area (TPSA) is 351 Å². The average molecular weight is 1810 g/mol. The van der Waals surface area contributed by atoms with E-state index in [1.54, 1.807) is 43.4 Å². The van der Waals surface area contributed by atoms with Crippen molar-refractivity contribution in [2.45, 2.75) is 128 Å². The number of halogens is 5. The number of aromatic carboxylic acids is 1. The number of carbonyl (C=O) groups is 4. The number of nitrogens with one attached hydrogen (secondary N) is 2. The zero-order chi connectivity index (χ0) is 67.8. The van der Waals surface area contributed by atoms with Crippen molar-refractivity contribution in [3.05, 3.63) is 166 Å². The molecule has 23 nitrogen and oxygen atoms in total. The second kappa shape index (κ2) is 38.0. The van der Waals surface area contributed by atoms with Crippen LogP contribution in [0.1, 0.15) is 112 Å². The fourth-order valence-corrected chi connectivity index (χ4v) is 14.1. The molecule has 2 aromatic heterocycles. The number of aromatic nitrogens is 4. The van der Waals surface area contributed by atoms with Gasteiger partial charge in [0, 0.05) is 70.4 Å². The monoisotopic (exact) mass is 1810 g/mol. The number of hydrogen-bond donors (Lipinski definition) is 9. The number of esters is 2. The summed E-state index contributed by atoms with van der Waals surface area (Å²) in [7, 11) is 5.38. The second-order valence-corrected chi connectivity index (χ2v) is 27.8. The van der Waals surface area contributed by atoms with Gasteiger partial charge in [-0.3, -0.25) is 23.5 Å². The molecule has 2 bridgehead atoms. The Hall–Kier alpha value is -4.31. The number of aliphatic hydroxyl groups excluding tert-OH is 3. The molecule has 0 radical (unpaired) electrons. The van der Waals surface area contributed by atoms with Crippen LogP contribution < -0.4 is 83.4 Å². The Labute approximate surface area is 626 Å². The number of quaternary nitrogens is 1. The molecule has 2 aliphatic heterocycles. The molecular weight excluding hydrogens is 1730 g/mol. The van der Waals surface area contributed by atoms with Crippen LogP contribution in [0.2, 0.25) is 0 Å². The third-order valence-corrected chi connectivity index (χ3v) is 18.7. The molecule has 4 heterocycles. The molecule has 2 aliphatic rings. The standard InChI is InChI=1S/C20H30NO3.C15H11I4NO4.C13H21NO3.C9H8O4.C7H8N4O2.BrH.Na/c1-14(2)21(3)16-9-10-17(21)12-18(11-16)24-20(23)19(13-22)15-7-5-4-6-8-15;16-8-4-7(5-9(17)13(8)21)24-14-10(18)1-6(2-11(14)19)3-12(20)15(22)23;1-13(2,3)14-7-12(17)9-4-5-11(16)10(6-9)8-15;1-6(10)13-8-5-3-2-4-7(8)9(11)12;1-10-5-4(8-3-9-5)6(12)11(2)7(10)13;;/h4-8,14,16-19,22H,9-13H2,1-3H3;1-2,4-5,12,21H,3,20H2,(H,22,23);4-6,12,14-17H,7-8H2,1-3H3;2-5H,1H3,(H,11,12);3H,1-2H3,(H,8,9);1H;/q+1;;;;;;+1/p-2/t16-,17+,18+,19?,21?;12-;;;;;/m.0...../s1. The van der Waals surface area contributed by atoms with Gasteiger partial charge in [-0.2, -0.15) is 0 Å². The summed E-state index contributed by atoms with van der Waals surface area (Å²) in [5, 5.41) is 70.6. The molecule has 2 fully saturated rings. The number of phenols is 2. The van der Waals surface area contributed by atoms with Gasteiger partial charge in [0.2, 0.25) is 0 Å². The van der Waals surface area contributed by atoms with E-state index in [0.717, 1.165) is 40.2 Å². The van der Waals surface area contributed by atoms with Gasteiger partial charge in [-0.05, 0) is 197 Å². The molecule has 7 aromatic rings. The number of piperidine rings is 1. The number of aromatic hydroxyl groups is 2. The number of benzene rings is 5. The number of β-amino-alcohol motifs (C(OH)–C–C–N with tert-alkyl or cyclic N) is 1. The van der Waals surface area contributed by atoms with E-state index in [1.165, 1.54) is 55.9 Å². The van der Waals surface area contributed by atoms with Crippen LogP contribution in [0, 0.1) is 14.3 Å². The fraction of sp³-hybridized carbons (Fsp3) is 0.391. The van der Waals surface area contributed by atoms with E-state index in [2.05, 4.69) is 86.1 Å². The van der Waals surface area contributed by atoms with Crippen molar-refractivity contribution < 1.29 is 120 Å². The summed E-state index contributed by atoms with van der Waals surface area (Å²) >= 11 is 8.37. The predicted molar refractivity (Wildman–Crippen MR) is 374 cm³/mol. The number of aromatic amines is 1. The number of nitrogens with zero attached hydrogens (tertiary/aromatic N) is 4. The Kier molecular flexibility index (Phi) is 33.9. The molecule has 10 N–H and O–H groups in total. The Balaban J connectivity index is 0.000000309. The van der Waals surface area contributed by atoms with Crippen molar-refractivity contribution in [1.29, 1.82) is 0 Å². The van der Waals surface area contributed by atoms with Crippen LogP contribution >= 0.6 is 90.4 Å². The van der Waals surface area contributed by atoms with Gasteiger partial charge in [0.15, 0.2) is 11.4 Å². The number of phenolic OH excluding ortho intramolecular Hbond substituents is 1. The van der Waals surface area contributed by atoms with E-state index < -0.39 is 36.0 Å². The molecule has 29 heteroatoms. The third-order valence-electron chi connectivity index (χ3n) is 15.5. The van der Waals surface area contributed by atoms with E-state index in [0.29, 0.717) is 65.6 Å². The summed E-state index contributed by atoms with van der Waals surface area (Å²) < 4.78 is 23.1. The van der Waals surface area contributed by atoms with E-state index in [1.807, 2.05) is 108 Å². The maximum absolute atomic E-state index is 12.6. The summed E-state index contributed by atoms with van der Waals surface area (Å²) in [4.78, 5) is 73.9. The molecule has 0 spiro atoms. The average Bonchev–Trinajstić information content (AvgIpc) is 1.64. The first kappa shape index (κ1) is 82.9. The largest absolute Gasteiger partial charge is 1.00 e. The molecule has 0 aliphatic carbocycles. The minimum atomic E-state index is -1.27. The zero-order valence-electron chi connectivity index (χ0n) is 53.0. The zero-order valence-corrected chi connectivity index (χ0v) is 65.3. The number of aryl methyl sites for hydroxylation is 1. The number of hydrogen-bond acceptors (Lipinski definition) is 18. The predicted octanol–water partition coefficient (Wildman–Crippen LogP) is 1.66. The molecule has 3 unspecified atom stereocenters. The molecule has 5 aromatic carbocycles. The molecule has 0 saturated carbocycles. The molecular formula is C64H77BrI4N7NaO16. The van der Waals surface area contributed by atoms with Crippen LogP contribution in [0.4, 0.5) is 0 Å². The first-order chi connectivity index (χ1) is 42.7. The van der Waals surface area contributed by atoms with Crippen LogP contribution in [0.25, 0.3) is 11.2 Å². The number of carboxylic acid groups (broad SMARTS) is 2. The van der Waals surface area contributed by atoms with Gasteiger partial charge in [-0.1, -0.05) is 48.5 Å². The number of aliphatic carboxylic acids is 1. The Bertz CT molecular complexity index is 3740. The fourth-order valence-electron chi connectivity index (χ4n) is 10.3. The molecule has 2 saturated heterocycles. The number of aliphatic hydroxyl groups is 3. The van der Waals surface area contributed by atoms with Crippen LogP contribution in [0.5, 0.6) is 28.7 Å². The van der Waals surface area contributed by atoms with Crippen molar-refractivity contribution >= 4 is 125 Å². The van der Waals surface area contributed by atoms with Gasteiger partial charge in [-0.25, -0.2) is 14.6 Å². The van der Waals surface area contributed by atoms with Crippen molar-refractivity contribution in [3.8, 4) is 28.7 Å². The smallest absolute Gasteiger partial charge is 1.00 e. The minimum absolute atomic E-state index is 0. The molecule has 500 valence electrons. The van der Waals surface area contributed by atoms with E-state index in [-0.39, 0.29) is 118 Å². The number of fused-ring (bicyclic) bond motifs is 3. The first-order valence-electron chi connectivity index (χ1n) is 28.7. The number of imidazole rings is 1. The molecule has 93 heavy (non-hydrogen) atoms. The molecule has 0 amide bonds. The van der Waals surface area contributed by atoms with E-state index >= 15 is 0 Å². The second-order valence-electron chi connectivity index (χ2n) is 23.1. The Morgan fingerprint density at radius 1 is 0.849 bits per heavy atom. The maximum Gasteiger partial charge on any atom is 1.00 e. The van der Waals surface area contributed by atoms with Gasteiger partial charge in [0.05, 0.1) is 71.1 Å². The van der Waals surface area contributed by atoms with Crippen molar-refractivity contribution in [2.24, 2.45) is 19.8 Å². The normalized spacial score (nSPS) is 17.1. The summed E-state index contributed by atoms with van der Waals surface area (Å²) in [6, 6.07) is 28.1. The van der Waals surface area contributed by atoms with Crippen molar-refractivity contribution in [2.75, 3.05) is 20.2 Å². The molecule has 9 rings (SSSR count). The van der Waals surface area contributed by atoms with Crippen LogP contribution in [0.15, 0.2) is 113 Å². The van der Waals surface area contributed by atoms with Gasteiger partial charge in [0.25, 0.3) is 5.56 Å². The van der Waals surface area contributed by atoms with Crippen LogP contribution in [0.3, 0.4) is 0 Å². The Morgan fingerprint density at radius 2 is 1.42 bits per heavy atom. The number of nitrogens with two attached hydrogens (primary N) is 1. The van der Waals surface area contributed by atoms with Crippen LogP contribution in [-0.4, -0.2) is 134 Å². The van der Waals surface area contributed by atoms with Crippen LogP contribution in [-0.2, 0) is 46.2 Å². The Morgan fingerprint density at radius 3 is 1.94 bits per heavy atom. The number of rotatable bonds is 16. The summed E-state index contributed by atoms with van der Waals surface area (Å²) in [6.07, 6.45) is 5.30. The van der Waals surface area contributed by atoms with Gasteiger partial charge < -0.3 is 92.2 Å². The van der Waals surface area contributed by atoms with Crippen molar-refractivity contribution in [1.82, 2.24) is 24.4 Å². The number of carbonyl (C=O) groups excluding carboxylic acids is 3. The number of para-hydroxylation sites is 1. The van der Waals surface area contributed by atoms with E-state index in [9.17, 15) is 54.3 Å². The minimum Gasteiger partial charge on any atom is -1.00 e. The quantitative estimate of drug-likeness (QED) is 0.0218. The summed E-state index contributed by atoms with van der Waals surface area (Å²) in [6.45, 7) is 11.9. The van der Waals surface area contributed by atoms with Crippen molar-refractivity contribution in [3.63, 3.8) is 0 Å². The molecule has 7 atom stereocenters. The number of ether oxygens (including phenoxy) is 3.